The van der Waals surface area contributed by atoms with E-state index in [1.165, 1.54) is 18.3 Å². The number of aromatic nitrogens is 1. The number of carbonyl (C=O) groups excluding carboxylic acids is 1. The number of carbonyl (C=O) groups is 1. The number of pyridine rings is 1. The lowest BCUT2D eigenvalue weighted by molar-refractivity contribution is -0.0498. The van der Waals surface area contributed by atoms with E-state index in [1.807, 2.05) is 31.2 Å². The lowest BCUT2D eigenvalue weighted by Gasteiger charge is -2.06. The number of benzene rings is 2. The molecule has 0 atom stereocenters. The Hall–Kier alpha value is -3.35. The van der Waals surface area contributed by atoms with Gasteiger partial charge in [-0.25, -0.2) is 5.43 Å². The maximum Gasteiger partial charge on any atom is 0.387 e. The van der Waals surface area contributed by atoms with Gasteiger partial charge in [-0.3, -0.25) is 9.78 Å². The summed E-state index contributed by atoms with van der Waals surface area (Å²) in [5.41, 5.74) is 5.03. The largest absolute Gasteiger partial charge is 0.435 e. The van der Waals surface area contributed by atoms with Crippen LogP contribution in [0.5, 0.6) is 5.75 Å². The van der Waals surface area contributed by atoms with Gasteiger partial charge in [-0.1, -0.05) is 18.2 Å². The van der Waals surface area contributed by atoms with E-state index in [2.05, 4.69) is 20.2 Å². The fraction of sp³-hybridized carbons (Fsp3) is 0.105. The highest BCUT2D eigenvalue weighted by atomic mass is 19.3. The summed E-state index contributed by atoms with van der Waals surface area (Å²) in [6, 6.07) is 15.0. The minimum Gasteiger partial charge on any atom is -0.435 e. The number of hydrogen-bond acceptors (Lipinski definition) is 4. The van der Waals surface area contributed by atoms with Crippen LogP contribution in [-0.4, -0.2) is 23.7 Å². The van der Waals surface area contributed by atoms with Gasteiger partial charge in [0, 0.05) is 11.1 Å². The first-order valence-corrected chi connectivity index (χ1v) is 7.77. The summed E-state index contributed by atoms with van der Waals surface area (Å²) >= 11 is 0. The topological polar surface area (TPSA) is 63.6 Å². The van der Waals surface area contributed by atoms with E-state index in [1.54, 1.807) is 18.2 Å². The number of hydrogen-bond donors (Lipinski definition) is 1. The molecule has 7 heteroatoms. The molecule has 0 radical (unpaired) electrons. The maximum atomic E-state index is 12.4. The molecule has 1 N–H and O–H groups in total. The summed E-state index contributed by atoms with van der Waals surface area (Å²) in [7, 11) is 0. The summed E-state index contributed by atoms with van der Waals surface area (Å²) in [4.78, 5) is 16.8. The number of hydrazone groups is 1. The molecule has 3 aromatic rings. The van der Waals surface area contributed by atoms with Crippen LogP contribution in [0.3, 0.4) is 0 Å². The van der Waals surface area contributed by atoms with Gasteiger partial charge in [-0.15, -0.1) is 0 Å². The number of ether oxygens (including phenoxy) is 1. The molecule has 1 aromatic heterocycles. The van der Waals surface area contributed by atoms with Crippen LogP contribution < -0.4 is 10.2 Å². The Morgan fingerprint density at radius 2 is 1.92 bits per heavy atom. The molecule has 3 rings (SSSR count). The van der Waals surface area contributed by atoms with E-state index in [-0.39, 0.29) is 11.7 Å². The third-order valence-electron chi connectivity index (χ3n) is 3.57. The van der Waals surface area contributed by atoms with Crippen LogP contribution in [0.25, 0.3) is 10.9 Å². The quantitative estimate of drug-likeness (QED) is 0.557. The van der Waals surface area contributed by atoms with Gasteiger partial charge in [0.25, 0.3) is 5.91 Å². The average molecular weight is 355 g/mol. The van der Waals surface area contributed by atoms with Crippen molar-refractivity contribution in [3.8, 4) is 5.75 Å². The molecule has 0 saturated carbocycles. The Balaban J connectivity index is 1.72. The van der Waals surface area contributed by atoms with Crippen molar-refractivity contribution in [3.05, 3.63) is 71.4 Å². The van der Waals surface area contributed by atoms with E-state index in [0.29, 0.717) is 11.1 Å². The zero-order chi connectivity index (χ0) is 18.5. The summed E-state index contributed by atoms with van der Waals surface area (Å²) < 4.78 is 28.5. The van der Waals surface area contributed by atoms with Gasteiger partial charge in [0.05, 0.1) is 17.3 Å². The molecule has 0 aliphatic rings. The average Bonchev–Trinajstić information content (AvgIpc) is 2.62. The second-order valence-corrected chi connectivity index (χ2v) is 5.48. The van der Waals surface area contributed by atoms with Crippen LogP contribution in [-0.2, 0) is 0 Å². The first-order chi connectivity index (χ1) is 12.5. The minimum atomic E-state index is -2.87. The number of nitrogens with one attached hydrogen (secondary N) is 1. The molecule has 2 aromatic carbocycles. The number of aryl methyl sites for hydroxylation is 1. The van der Waals surface area contributed by atoms with Gasteiger partial charge in [-0.05, 0) is 48.9 Å². The van der Waals surface area contributed by atoms with Crippen LogP contribution >= 0.6 is 0 Å². The van der Waals surface area contributed by atoms with Crippen LogP contribution in [0.15, 0.2) is 59.7 Å². The molecule has 0 saturated heterocycles. The van der Waals surface area contributed by atoms with E-state index < -0.39 is 6.61 Å². The minimum absolute atomic E-state index is 0.0555. The summed E-state index contributed by atoms with van der Waals surface area (Å²) in [6.45, 7) is -1.05. The first-order valence-electron chi connectivity index (χ1n) is 7.77. The third kappa shape index (κ3) is 4.18. The molecule has 5 nitrogen and oxygen atoms in total. The van der Waals surface area contributed by atoms with Gasteiger partial charge >= 0.3 is 6.61 Å². The number of nitrogens with zero attached hydrogens (tertiary/aromatic N) is 2. The van der Waals surface area contributed by atoms with Crippen molar-refractivity contribution < 1.29 is 18.3 Å². The van der Waals surface area contributed by atoms with Crippen molar-refractivity contribution in [3.63, 3.8) is 0 Å². The highest BCUT2D eigenvalue weighted by molar-refractivity contribution is 6.06. The molecule has 1 heterocycles. The van der Waals surface area contributed by atoms with E-state index in [0.717, 1.165) is 16.6 Å². The molecule has 1 amide bonds. The third-order valence-corrected chi connectivity index (χ3v) is 3.57. The molecule has 132 valence electrons. The van der Waals surface area contributed by atoms with Crippen molar-refractivity contribution in [1.29, 1.82) is 0 Å². The van der Waals surface area contributed by atoms with Gasteiger partial charge in [0.2, 0.25) is 0 Å². The van der Waals surface area contributed by atoms with Crippen molar-refractivity contribution in [1.82, 2.24) is 10.4 Å². The number of para-hydroxylation sites is 1. The molecule has 0 unspecified atom stereocenters. The lowest BCUT2D eigenvalue weighted by atomic mass is 10.1. The highest BCUT2D eigenvalue weighted by Gasteiger charge is 2.11. The Morgan fingerprint density at radius 1 is 1.19 bits per heavy atom. The molecule has 0 aliphatic carbocycles. The predicted molar refractivity (Wildman–Crippen MR) is 94.6 cm³/mol. The molecule has 0 aliphatic heterocycles. The number of alkyl halides is 2. The summed E-state index contributed by atoms with van der Waals surface area (Å²) in [5.74, 6) is -0.305. The van der Waals surface area contributed by atoms with Gasteiger partial charge in [0.1, 0.15) is 5.75 Å². The van der Waals surface area contributed by atoms with Gasteiger partial charge in [0.15, 0.2) is 0 Å². The van der Waals surface area contributed by atoms with E-state index in [4.69, 9.17) is 0 Å². The number of fused-ring (bicyclic) bond motifs is 1. The second-order valence-electron chi connectivity index (χ2n) is 5.48. The predicted octanol–water partition coefficient (Wildman–Crippen LogP) is 3.91. The molecule has 0 spiro atoms. The van der Waals surface area contributed by atoms with E-state index in [9.17, 15) is 13.6 Å². The van der Waals surface area contributed by atoms with Gasteiger partial charge < -0.3 is 4.74 Å². The van der Waals surface area contributed by atoms with Crippen LogP contribution in [0.1, 0.15) is 21.6 Å². The summed E-state index contributed by atoms with van der Waals surface area (Å²) in [5, 5.41) is 4.65. The van der Waals surface area contributed by atoms with Crippen molar-refractivity contribution >= 4 is 23.0 Å². The zero-order valence-electron chi connectivity index (χ0n) is 13.8. The maximum absolute atomic E-state index is 12.4. The Labute approximate surface area is 148 Å². The Bertz CT molecular complexity index is 957. The lowest BCUT2D eigenvalue weighted by Crippen LogP contribution is -2.18. The molecular weight excluding hydrogens is 340 g/mol. The SMILES string of the molecule is Cc1cc(C(=O)N/N=C\c2ccc(OC(F)F)cc2)c2ccccc2n1. The fourth-order valence-corrected chi connectivity index (χ4v) is 2.46. The Kier molecular flexibility index (Phi) is 5.17. The van der Waals surface area contributed by atoms with Crippen LogP contribution in [0, 0.1) is 6.92 Å². The number of rotatable bonds is 5. The zero-order valence-corrected chi connectivity index (χ0v) is 13.8. The number of halogens is 2. The van der Waals surface area contributed by atoms with E-state index >= 15 is 0 Å². The molecule has 26 heavy (non-hydrogen) atoms. The van der Waals surface area contributed by atoms with Crippen molar-refractivity contribution in [2.24, 2.45) is 5.10 Å². The smallest absolute Gasteiger partial charge is 0.387 e. The molecule has 0 fully saturated rings. The first kappa shape index (κ1) is 17.5. The highest BCUT2D eigenvalue weighted by Crippen LogP contribution is 2.18. The molecule has 0 bridgehead atoms. The van der Waals surface area contributed by atoms with Gasteiger partial charge in [-0.2, -0.15) is 13.9 Å². The second kappa shape index (κ2) is 7.69. The van der Waals surface area contributed by atoms with Crippen LogP contribution in [0.2, 0.25) is 0 Å². The molecular formula is C19H15F2N3O2. The number of amides is 1. The normalized spacial score (nSPS) is 11.2. The Morgan fingerprint density at radius 3 is 2.65 bits per heavy atom. The standard InChI is InChI=1S/C19H15F2N3O2/c1-12-10-16(15-4-2-3-5-17(15)23-12)18(25)24-22-11-13-6-8-14(9-7-13)26-19(20)21/h2-11,19H,1H3,(H,24,25)/b22-11-. The van der Waals surface area contributed by atoms with Crippen molar-refractivity contribution in [2.75, 3.05) is 0 Å². The van der Waals surface area contributed by atoms with Crippen LogP contribution in [0.4, 0.5) is 8.78 Å². The summed E-state index contributed by atoms with van der Waals surface area (Å²) in [6.07, 6.45) is 1.42. The monoisotopic (exact) mass is 355 g/mol. The van der Waals surface area contributed by atoms with Crippen molar-refractivity contribution in [2.45, 2.75) is 13.5 Å². The fourth-order valence-electron chi connectivity index (χ4n) is 2.46.